The van der Waals surface area contributed by atoms with Gasteiger partial charge >= 0.3 is 0 Å². The molecule has 0 aliphatic heterocycles. The molecule has 0 fully saturated rings. The highest BCUT2D eigenvalue weighted by Gasteiger charge is 1.99. The minimum atomic E-state index is 0.657. The molecule has 0 atom stereocenters. The van der Waals surface area contributed by atoms with Crippen LogP contribution in [0, 0.1) is 0 Å². The predicted molar refractivity (Wildman–Crippen MR) is 49.4 cm³/mol. The number of rotatable bonds is 2. The van der Waals surface area contributed by atoms with E-state index < -0.39 is 0 Å². The van der Waals surface area contributed by atoms with Gasteiger partial charge in [0, 0.05) is 11.8 Å². The maximum absolute atomic E-state index is 5.85. The number of aromatic nitrogens is 1. The van der Waals surface area contributed by atoms with E-state index in [-0.39, 0.29) is 0 Å². The van der Waals surface area contributed by atoms with Crippen LogP contribution in [-0.4, -0.2) is 4.98 Å². The molecule has 0 aliphatic carbocycles. The Kier molecular flexibility index (Phi) is 2.44. The molecule has 0 unspecified atom stereocenters. The molecule has 0 N–H and O–H groups in total. The Morgan fingerprint density at radius 1 is 1.36 bits per heavy atom. The summed E-state index contributed by atoms with van der Waals surface area (Å²) in [6.45, 7) is 7.24. The molecule has 1 nitrogen and oxygen atoms in total. The Hall–Kier alpha value is -1.08. The zero-order chi connectivity index (χ0) is 8.27. The summed E-state index contributed by atoms with van der Waals surface area (Å²) < 4.78 is 0. The van der Waals surface area contributed by atoms with Crippen LogP contribution in [-0.2, 0) is 0 Å². The molecular formula is C9H8ClN. The molecule has 2 heteroatoms. The SMILES string of the molecule is C=Cc1nccc(Cl)c1C=C. The topological polar surface area (TPSA) is 12.9 Å². The van der Waals surface area contributed by atoms with E-state index in [1.807, 2.05) is 0 Å². The molecule has 11 heavy (non-hydrogen) atoms. The lowest BCUT2D eigenvalue weighted by atomic mass is 10.2. The Morgan fingerprint density at radius 2 is 2.09 bits per heavy atom. The van der Waals surface area contributed by atoms with Crippen molar-refractivity contribution in [3.63, 3.8) is 0 Å². The average Bonchev–Trinajstić information content (AvgIpc) is 2.04. The van der Waals surface area contributed by atoms with Gasteiger partial charge in [0.25, 0.3) is 0 Å². The Morgan fingerprint density at radius 3 is 2.55 bits per heavy atom. The van der Waals surface area contributed by atoms with Crippen molar-refractivity contribution in [3.05, 3.63) is 41.7 Å². The fourth-order valence-corrected chi connectivity index (χ4v) is 1.06. The van der Waals surface area contributed by atoms with E-state index in [1.165, 1.54) is 0 Å². The van der Waals surface area contributed by atoms with Gasteiger partial charge in [0.15, 0.2) is 0 Å². The van der Waals surface area contributed by atoms with Gasteiger partial charge in [0.1, 0.15) is 0 Å². The minimum Gasteiger partial charge on any atom is -0.256 e. The van der Waals surface area contributed by atoms with Crippen molar-refractivity contribution < 1.29 is 0 Å². The second-order valence-corrected chi connectivity index (χ2v) is 2.41. The Balaban J connectivity index is 3.35. The van der Waals surface area contributed by atoms with Crippen molar-refractivity contribution in [2.75, 3.05) is 0 Å². The van der Waals surface area contributed by atoms with Gasteiger partial charge < -0.3 is 0 Å². The van der Waals surface area contributed by atoms with Crippen LogP contribution in [0.1, 0.15) is 11.3 Å². The molecule has 0 aliphatic rings. The Bertz CT molecular complexity index is 292. The van der Waals surface area contributed by atoms with Crippen molar-refractivity contribution in [1.29, 1.82) is 0 Å². The number of hydrogen-bond donors (Lipinski definition) is 0. The third-order valence-electron chi connectivity index (χ3n) is 1.37. The fourth-order valence-electron chi connectivity index (χ4n) is 0.829. The van der Waals surface area contributed by atoms with Crippen LogP contribution in [0.3, 0.4) is 0 Å². The summed E-state index contributed by atoms with van der Waals surface area (Å²) in [4.78, 5) is 4.06. The Labute approximate surface area is 71.0 Å². The van der Waals surface area contributed by atoms with Gasteiger partial charge in [-0.3, -0.25) is 4.98 Å². The first-order valence-electron chi connectivity index (χ1n) is 3.19. The molecule has 56 valence electrons. The molecule has 0 saturated carbocycles. The van der Waals surface area contributed by atoms with Gasteiger partial charge in [0.2, 0.25) is 0 Å². The molecule has 0 radical (unpaired) electrons. The summed E-state index contributed by atoms with van der Waals surface area (Å²) in [7, 11) is 0. The second-order valence-electron chi connectivity index (χ2n) is 2.00. The smallest absolute Gasteiger partial charge is 0.0710 e. The highest BCUT2D eigenvalue weighted by Crippen LogP contribution is 2.19. The first-order chi connectivity index (χ1) is 5.29. The number of hydrogen-bond acceptors (Lipinski definition) is 1. The summed E-state index contributed by atoms with van der Waals surface area (Å²) in [6, 6.07) is 1.73. The van der Waals surface area contributed by atoms with Gasteiger partial charge in [-0.1, -0.05) is 30.8 Å². The summed E-state index contributed by atoms with van der Waals surface area (Å²) in [6.07, 6.45) is 4.97. The van der Waals surface area contributed by atoms with Crippen LogP contribution in [0.2, 0.25) is 5.02 Å². The van der Waals surface area contributed by atoms with Crippen molar-refractivity contribution in [3.8, 4) is 0 Å². The van der Waals surface area contributed by atoms with E-state index in [0.29, 0.717) is 5.02 Å². The summed E-state index contributed by atoms with van der Waals surface area (Å²) in [5.74, 6) is 0. The highest BCUT2D eigenvalue weighted by molar-refractivity contribution is 6.32. The third-order valence-corrected chi connectivity index (χ3v) is 1.69. The molecule has 0 spiro atoms. The van der Waals surface area contributed by atoms with Crippen LogP contribution in [0.25, 0.3) is 12.2 Å². The van der Waals surface area contributed by atoms with Gasteiger partial charge in [0.05, 0.1) is 10.7 Å². The molecule has 1 aromatic rings. The van der Waals surface area contributed by atoms with Crippen molar-refractivity contribution in [1.82, 2.24) is 4.98 Å². The van der Waals surface area contributed by atoms with E-state index in [1.54, 1.807) is 24.4 Å². The van der Waals surface area contributed by atoms with Crippen LogP contribution in [0.4, 0.5) is 0 Å². The standard InChI is InChI=1S/C9H8ClN/c1-3-7-8(10)5-6-11-9(7)4-2/h3-6H,1-2H2. The predicted octanol–water partition coefficient (Wildman–Crippen LogP) is 3.02. The number of nitrogens with zero attached hydrogens (tertiary/aromatic N) is 1. The van der Waals surface area contributed by atoms with E-state index in [9.17, 15) is 0 Å². The molecule has 1 aromatic heterocycles. The first kappa shape index (κ1) is 8.02. The monoisotopic (exact) mass is 165 g/mol. The quantitative estimate of drug-likeness (QED) is 0.657. The summed E-state index contributed by atoms with van der Waals surface area (Å²) >= 11 is 5.85. The van der Waals surface area contributed by atoms with Crippen LogP contribution < -0.4 is 0 Å². The largest absolute Gasteiger partial charge is 0.256 e. The van der Waals surface area contributed by atoms with E-state index in [4.69, 9.17) is 11.6 Å². The molecule has 1 rings (SSSR count). The zero-order valence-corrected chi connectivity index (χ0v) is 6.80. The lowest BCUT2D eigenvalue weighted by Gasteiger charge is -2.00. The highest BCUT2D eigenvalue weighted by atomic mass is 35.5. The lowest BCUT2D eigenvalue weighted by molar-refractivity contribution is 1.28. The lowest BCUT2D eigenvalue weighted by Crippen LogP contribution is -1.85. The van der Waals surface area contributed by atoms with Crippen LogP contribution >= 0.6 is 11.6 Å². The minimum absolute atomic E-state index is 0.657. The maximum atomic E-state index is 5.85. The third kappa shape index (κ3) is 1.49. The van der Waals surface area contributed by atoms with Crippen LogP contribution in [0.5, 0.6) is 0 Å². The average molecular weight is 166 g/mol. The van der Waals surface area contributed by atoms with Gasteiger partial charge in [-0.15, -0.1) is 0 Å². The van der Waals surface area contributed by atoms with Crippen LogP contribution in [0.15, 0.2) is 25.4 Å². The first-order valence-corrected chi connectivity index (χ1v) is 3.56. The normalized spacial score (nSPS) is 9.18. The van der Waals surface area contributed by atoms with E-state index in [0.717, 1.165) is 11.3 Å². The molecule has 0 aromatic carbocycles. The van der Waals surface area contributed by atoms with Crippen molar-refractivity contribution in [2.24, 2.45) is 0 Å². The molecule has 0 saturated heterocycles. The molecule has 1 heterocycles. The van der Waals surface area contributed by atoms with Gasteiger partial charge in [-0.25, -0.2) is 0 Å². The summed E-state index contributed by atoms with van der Waals surface area (Å²) in [5.41, 5.74) is 1.61. The fraction of sp³-hybridized carbons (Fsp3) is 0. The maximum Gasteiger partial charge on any atom is 0.0710 e. The van der Waals surface area contributed by atoms with Gasteiger partial charge in [-0.2, -0.15) is 0 Å². The molecular weight excluding hydrogens is 158 g/mol. The van der Waals surface area contributed by atoms with Crippen molar-refractivity contribution in [2.45, 2.75) is 0 Å². The van der Waals surface area contributed by atoms with Crippen molar-refractivity contribution >= 4 is 23.8 Å². The number of pyridine rings is 1. The molecule has 0 bridgehead atoms. The summed E-state index contributed by atoms with van der Waals surface area (Å²) in [5, 5.41) is 0.657. The van der Waals surface area contributed by atoms with E-state index in [2.05, 4.69) is 18.1 Å². The van der Waals surface area contributed by atoms with E-state index >= 15 is 0 Å². The zero-order valence-electron chi connectivity index (χ0n) is 6.05. The second kappa shape index (κ2) is 3.35. The van der Waals surface area contributed by atoms with Gasteiger partial charge in [-0.05, 0) is 12.1 Å². The number of halogens is 1. The molecule has 0 amide bonds.